The van der Waals surface area contributed by atoms with Crippen LogP contribution in [0.15, 0.2) is 22.7 Å². The number of amides is 2. The maximum atomic E-state index is 11.3. The maximum absolute atomic E-state index is 11.3. The van der Waals surface area contributed by atoms with Gasteiger partial charge in [-0.1, -0.05) is 0 Å². The van der Waals surface area contributed by atoms with Crippen molar-refractivity contribution in [2.75, 3.05) is 11.9 Å². The highest BCUT2D eigenvalue weighted by Crippen LogP contribution is 2.23. The molecule has 0 radical (unpaired) electrons. The van der Waals surface area contributed by atoms with E-state index in [2.05, 4.69) is 26.1 Å². The minimum atomic E-state index is -1.20. The summed E-state index contributed by atoms with van der Waals surface area (Å²) in [5.41, 5.74) is 2.76. The van der Waals surface area contributed by atoms with Crippen molar-refractivity contribution in [3.05, 3.63) is 28.2 Å². The Balaban J connectivity index is 2.54. The summed E-state index contributed by atoms with van der Waals surface area (Å²) in [4.78, 5) is 25.8. The number of carboxylic acids is 1. The van der Waals surface area contributed by atoms with Crippen LogP contribution in [0.5, 0.6) is 0 Å². The van der Waals surface area contributed by atoms with Crippen LogP contribution in [0, 0.1) is 11.3 Å². The average molecular weight is 314 g/mol. The fourth-order valence-corrected chi connectivity index (χ4v) is 1.48. The number of halogens is 1. The van der Waals surface area contributed by atoms with Gasteiger partial charge in [-0.25, -0.2) is 15.1 Å². The molecule has 0 aromatic heterocycles. The minimum absolute atomic E-state index is 0.422. The molecule has 8 heteroatoms. The van der Waals surface area contributed by atoms with Crippen molar-refractivity contribution in [2.24, 2.45) is 0 Å². The highest BCUT2D eigenvalue weighted by atomic mass is 79.9. The molecule has 2 amide bonds. The molecule has 0 aliphatic heterocycles. The number of hydrogen-bond acceptors (Lipinski definition) is 4. The third kappa shape index (κ3) is 4.40. The first-order valence-electron chi connectivity index (χ1n) is 4.63. The number of carbonyl (C=O) groups is 2. The molecule has 18 heavy (non-hydrogen) atoms. The van der Waals surface area contributed by atoms with Crippen molar-refractivity contribution in [3.8, 4) is 6.07 Å². The van der Waals surface area contributed by atoms with Gasteiger partial charge in [-0.2, -0.15) is 5.26 Å². The van der Waals surface area contributed by atoms with Gasteiger partial charge in [0.15, 0.2) is 6.61 Å². The van der Waals surface area contributed by atoms with Crippen LogP contribution in [0.4, 0.5) is 10.5 Å². The Hall–Kier alpha value is -2.11. The quantitative estimate of drug-likeness (QED) is 0.729. The van der Waals surface area contributed by atoms with Gasteiger partial charge < -0.3 is 10.4 Å². The predicted octanol–water partition coefficient (Wildman–Crippen LogP) is 1.46. The first-order valence-corrected chi connectivity index (χ1v) is 5.42. The first-order chi connectivity index (χ1) is 8.52. The number of nitriles is 1. The van der Waals surface area contributed by atoms with E-state index >= 15 is 0 Å². The van der Waals surface area contributed by atoms with Gasteiger partial charge in [0.05, 0.1) is 17.3 Å². The number of aliphatic carboxylic acids is 1. The third-order valence-electron chi connectivity index (χ3n) is 1.71. The van der Waals surface area contributed by atoms with Gasteiger partial charge in [0.25, 0.3) is 0 Å². The second-order valence-corrected chi connectivity index (χ2v) is 3.90. The Morgan fingerprint density at radius 1 is 1.50 bits per heavy atom. The summed E-state index contributed by atoms with van der Waals surface area (Å²) < 4.78 is 0.523. The lowest BCUT2D eigenvalue weighted by Gasteiger charge is -2.08. The predicted molar refractivity (Wildman–Crippen MR) is 64.6 cm³/mol. The summed E-state index contributed by atoms with van der Waals surface area (Å²) in [7, 11) is 0. The summed E-state index contributed by atoms with van der Waals surface area (Å²) in [6, 6.07) is 5.82. The topological polar surface area (TPSA) is 111 Å². The normalized spacial score (nSPS) is 9.33. The number of benzene rings is 1. The standard InChI is InChI=1S/C10H8BrN3O4/c11-7-3-6(4-12)1-2-8(7)13-10(17)14-18-5-9(15)16/h1-3H,5H2,(H,15,16)(H2,13,14,17). The molecular weight excluding hydrogens is 306 g/mol. The highest BCUT2D eigenvalue weighted by Gasteiger charge is 2.06. The molecule has 0 aliphatic rings. The average Bonchev–Trinajstić information content (AvgIpc) is 2.31. The van der Waals surface area contributed by atoms with E-state index in [4.69, 9.17) is 10.4 Å². The lowest BCUT2D eigenvalue weighted by molar-refractivity contribution is -0.143. The van der Waals surface area contributed by atoms with E-state index in [0.29, 0.717) is 15.7 Å². The van der Waals surface area contributed by atoms with Gasteiger partial charge in [-0.05, 0) is 34.1 Å². The number of nitrogens with zero attached hydrogens (tertiary/aromatic N) is 1. The minimum Gasteiger partial charge on any atom is -0.479 e. The largest absolute Gasteiger partial charge is 0.479 e. The Morgan fingerprint density at radius 3 is 2.78 bits per heavy atom. The first kappa shape index (κ1) is 14.0. The van der Waals surface area contributed by atoms with Gasteiger partial charge in [-0.15, -0.1) is 0 Å². The van der Waals surface area contributed by atoms with Crippen LogP contribution in [0.25, 0.3) is 0 Å². The fraction of sp³-hybridized carbons (Fsp3) is 0.100. The summed E-state index contributed by atoms with van der Waals surface area (Å²) >= 11 is 3.18. The number of rotatable bonds is 4. The van der Waals surface area contributed by atoms with E-state index in [9.17, 15) is 9.59 Å². The number of anilines is 1. The lowest BCUT2D eigenvalue weighted by atomic mass is 10.2. The van der Waals surface area contributed by atoms with Crippen molar-refractivity contribution in [2.45, 2.75) is 0 Å². The molecule has 0 unspecified atom stereocenters. The van der Waals surface area contributed by atoms with Crippen molar-refractivity contribution in [3.63, 3.8) is 0 Å². The molecule has 0 saturated carbocycles. The van der Waals surface area contributed by atoms with Crippen LogP contribution in [0.1, 0.15) is 5.56 Å². The summed E-state index contributed by atoms with van der Waals surface area (Å²) in [5, 5.41) is 19.4. The lowest BCUT2D eigenvalue weighted by Crippen LogP contribution is -2.30. The van der Waals surface area contributed by atoms with E-state index in [0.717, 1.165) is 0 Å². The Morgan fingerprint density at radius 2 is 2.22 bits per heavy atom. The molecule has 0 aliphatic carbocycles. The molecule has 94 valence electrons. The molecule has 7 nitrogen and oxygen atoms in total. The molecule has 1 aromatic rings. The zero-order chi connectivity index (χ0) is 13.5. The van der Waals surface area contributed by atoms with E-state index < -0.39 is 18.6 Å². The van der Waals surface area contributed by atoms with E-state index in [1.807, 2.05) is 11.5 Å². The summed E-state index contributed by atoms with van der Waals surface area (Å²) in [6.07, 6.45) is 0. The van der Waals surface area contributed by atoms with E-state index in [1.54, 1.807) is 0 Å². The van der Waals surface area contributed by atoms with Crippen molar-refractivity contribution in [1.82, 2.24) is 5.48 Å². The SMILES string of the molecule is N#Cc1ccc(NC(=O)NOCC(=O)O)c(Br)c1. The number of carbonyl (C=O) groups excluding carboxylic acids is 1. The smallest absolute Gasteiger partial charge is 0.343 e. The van der Waals surface area contributed by atoms with Crippen molar-refractivity contribution >= 4 is 33.6 Å². The van der Waals surface area contributed by atoms with Gasteiger partial charge in [0.2, 0.25) is 0 Å². The van der Waals surface area contributed by atoms with Crippen LogP contribution >= 0.6 is 15.9 Å². The summed E-state index contributed by atoms with van der Waals surface area (Å²) in [6.45, 7) is -0.637. The van der Waals surface area contributed by atoms with Crippen molar-refractivity contribution in [1.29, 1.82) is 5.26 Å². The molecular formula is C10H8BrN3O4. The van der Waals surface area contributed by atoms with Gasteiger partial charge >= 0.3 is 12.0 Å². The molecule has 1 aromatic carbocycles. The molecule has 1 rings (SSSR count). The zero-order valence-electron chi connectivity index (χ0n) is 8.94. The fourth-order valence-electron chi connectivity index (χ4n) is 0.997. The van der Waals surface area contributed by atoms with E-state index in [-0.39, 0.29) is 0 Å². The second kappa shape index (κ2) is 6.58. The number of carboxylic acid groups (broad SMARTS) is 1. The molecule has 0 atom stereocenters. The van der Waals surface area contributed by atoms with Crippen LogP contribution in [0.2, 0.25) is 0 Å². The monoisotopic (exact) mass is 313 g/mol. The Kier molecular flexibility index (Phi) is 5.10. The number of hydrogen-bond donors (Lipinski definition) is 3. The number of hydroxylamine groups is 1. The van der Waals surface area contributed by atoms with Gasteiger partial charge in [0.1, 0.15) is 0 Å². The van der Waals surface area contributed by atoms with Crippen LogP contribution < -0.4 is 10.8 Å². The maximum Gasteiger partial charge on any atom is 0.343 e. The van der Waals surface area contributed by atoms with Gasteiger partial charge in [-0.3, -0.25) is 4.84 Å². The Labute approximate surface area is 110 Å². The van der Waals surface area contributed by atoms with E-state index in [1.165, 1.54) is 18.2 Å². The number of urea groups is 1. The molecule has 3 N–H and O–H groups in total. The van der Waals surface area contributed by atoms with Gasteiger partial charge in [0, 0.05) is 4.47 Å². The number of nitrogens with one attached hydrogen (secondary N) is 2. The molecule has 0 heterocycles. The second-order valence-electron chi connectivity index (χ2n) is 3.05. The van der Waals surface area contributed by atoms with Crippen LogP contribution in [-0.4, -0.2) is 23.7 Å². The third-order valence-corrected chi connectivity index (χ3v) is 2.36. The Bertz CT molecular complexity index is 512. The zero-order valence-corrected chi connectivity index (χ0v) is 10.5. The van der Waals surface area contributed by atoms with Crippen LogP contribution in [0.3, 0.4) is 0 Å². The van der Waals surface area contributed by atoms with Crippen LogP contribution in [-0.2, 0) is 9.63 Å². The molecule has 0 saturated heterocycles. The molecule has 0 bridgehead atoms. The summed E-state index contributed by atoms with van der Waals surface area (Å²) in [5.74, 6) is -1.20. The highest BCUT2D eigenvalue weighted by molar-refractivity contribution is 9.10. The van der Waals surface area contributed by atoms with Crippen molar-refractivity contribution < 1.29 is 19.5 Å². The molecule has 0 fully saturated rings. The molecule has 0 spiro atoms.